The van der Waals surface area contributed by atoms with E-state index in [4.69, 9.17) is 0 Å². The van der Waals surface area contributed by atoms with Gasteiger partial charge in [0.15, 0.2) is 0 Å². The molecule has 0 saturated heterocycles. The molecular weight excluding hydrogens is 216 g/mol. The summed E-state index contributed by atoms with van der Waals surface area (Å²) in [5.41, 5.74) is 0. The molecule has 5 nitrogen and oxygen atoms in total. The predicted octanol–water partition coefficient (Wildman–Crippen LogP) is 2.60. The van der Waals surface area contributed by atoms with Gasteiger partial charge in [0.25, 0.3) is 0 Å². The maximum atomic E-state index is 11.5. The van der Waals surface area contributed by atoms with Gasteiger partial charge in [0.05, 0.1) is 6.20 Å². The van der Waals surface area contributed by atoms with Gasteiger partial charge < -0.3 is 5.32 Å². The second-order valence-electron chi connectivity index (χ2n) is 4.03. The van der Waals surface area contributed by atoms with Crippen LogP contribution in [0.15, 0.2) is 12.3 Å². The Labute approximate surface area is 103 Å². The summed E-state index contributed by atoms with van der Waals surface area (Å²) in [7, 11) is 0. The van der Waals surface area contributed by atoms with Crippen molar-refractivity contribution in [2.24, 2.45) is 0 Å². The molecule has 0 aliphatic heterocycles. The number of aromatic nitrogens is 2. The highest BCUT2D eigenvalue weighted by Crippen LogP contribution is 2.07. The van der Waals surface area contributed by atoms with Gasteiger partial charge in [-0.3, -0.25) is 5.32 Å². The van der Waals surface area contributed by atoms with Crippen molar-refractivity contribution in [3.8, 4) is 0 Å². The minimum Gasteiger partial charge on any atom is -0.338 e. The molecule has 0 fully saturated rings. The van der Waals surface area contributed by atoms with Gasteiger partial charge in [-0.05, 0) is 12.8 Å². The van der Waals surface area contributed by atoms with E-state index in [2.05, 4.69) is 29.6 Å². The van der Waals surface area contributed by atoms with Crippen LogP contribution in [0.3, 0.4) is 0 Å². The van der Waals surface area contributed by atoms with Crippen molar-refractivity contribution in [3.05, 3.63) is 12.3 Å². The lowest BCUT2D eigenvalue weighted by Gasteiger charge is -2.09. The first-order valence-corrected chi connectivity index (χ1v) is 6.34. The Kier molecular flexibility index (Phi) is 6.14. The third-order valence-corrected chi connectivity index (χ3v) is 2.50. The number of nitrogens with one attached hydrogen (secondary N) is 2. The number of aryl methyl sites for hydroxylation is 1. The first-order chi connectivity index (χ1) is 8.27. The van der Waals surface area contributed by atoms with E-state index in [-0.39, 0.29) is 6.03 Å². The number of carbonyl (C=O) groups excluding carboxylic acids is 1. The fourth-order valence-electron chi connectivity index (χ4n) is 1.46. The summed E-state index contributed by atoms with van der Waals surface area (Å²) in [5, 5.41) is 9.80. The van der Waals surface area contributed by atoms with Gasteiger partial charge in [0, 0.05) is 19.2 Å². The highest BCUT2D eigenvalue weighted by molar-refractivity contribution is 5.88. The van der Waals surface area contributed by atoms with Crippen LogP contribution in [0.4, 0.5) is 10.6 Å². The number of nitrogens with zero attached hydrogens (tertiary/aromatic N) is 2. The topological polar surface area (TPSA) is 59.0 Å². The minimum absolute atomic E-state index is 0.156. The van der Waals surface area contributed by atoms with Crippen molar-refractivity contribution < 1.29 is 4.79 Å². The molecule has 0 atom stereocenters. The summed E-state index contributed by atoms with van der Waals surface area (Å²) in [6.07, 6.45) is 5.96. The van der Waals surface area contributed by atoms with Gasteiger partial charge in [0.1, 0.15) is 5.82 Å². The second-order valence-corrected chi connectivity index (χ2v) is 4.03. The zero-order valence-corrected chi connectivity index (χ0v) is 10.7. The number of urea groups is 1. The average Bonchev–Trinajstić information content (AvgIpc) is 2.74. The molecule has 17 heavy (non-hydrogen) atoms. The normalized spacial score (nSPS) is 10.2. The number of hydrogen-bond donors (Lipinski definition) is 2. The third-order valence-electron chi connectivity index (χ3n) is 2.50. The maximum Gasteiger partial charge on any atom is 0.320 e. The third kappa shape index (κ3) is 4.89. The van der Waals surface area contributed by atoms with Crippen molar-refractivity contribution in [3.63, 3.8) is 0 Å². The van der Waals surface area contributed by atoms with Gasteiger partial charge in [-0.25, -0.2) is 9.48 Å². The van der Waals surface area contributed by atoms with Crippen LogP contribution in [-0.2, 0) is 6.54 Å². The average molecular weight is 238 g/mol. The van der Waals surface area contributed by atoms with E-state index in [1.165, 1.54) is 0 Å². The van der Waals surface area contributed by atoms with Gasteiger partial charge in [-0.2, -0.15) is 5.10 Å². The SMILES string of the molecule is CCCCNC(=O)Nc1ccnn1CCCC. The standard InChI is InChI=1S/C12H22N4O/c1-3-5-8-13-12(17)15-11-7-9-14-16(11)10-6-4-2/h7,9H,3-6,8,10H2,1-2H3,(H2,13,15,17). The molecule has 0 spiro atoms. The van der Waals surface area contributed by atoms with E-state index in [9.17, 15) is 4.79 Å². The van der Waals surface area contributed by atoms with Gasteiger partial charge >= 0.3 is 6.03 Å². The second kappa shape index (κ2) is 7.70. The van der Waals surface area contributed by atoms with Crippen LogP contribution in [0, 0.1) is 0 Å². The number of carbonyl (C=O) groups is 1. The molecule has 1 rings (SSSR count). The number of unbranched alkanes of at least 4 members (excludes halogenated alkanes) is 2. The lowest BCUT2D eigenvalue weighted by Crippen LogP contribution is -2.30. The molecule has 1 aromatic heterocycles. The molecule has 0 radical (unpaired) electrons. The van der Waals surface area contributed by atoms with Gasteiger partial charge in [-0.15, -0.1) is 0 Å². The lowest BCUT2D eigenvalue weighted by atomic mass is 10.3. The van der Waals surface area contributed by atoms with Crippen LogP contribution in [0.2, 0.25) is 0 Å². The predicted molar refractivity (Wildman–Crippen MR) is 69.1 cm³/mol. The van der Waals surface area contributed by atoms with E-state index in [0.717, 1.165) is 38.0 Å². The summed E-state index contributed by atoms with van der Waals surface area (Å²) in [5.74, 6) is 0.757. The monoisotopic (exact) mass is 238 g/mol. The van der Waals surface area contributed by atoms with E-state index < -0.39 is 0 Å². The van der Waals surface area contributed by atoms with Crippen molar-refractivity contribution in [1.82, 2.24) is 15.1 Å². The Morgan fingerprint density at radius 1 is 1.35 bits per heavy atom. The van der Waals surface area contributed by atoms with Crippen LogP contribution in [0.5, 0.6) is 0 Å². The molecule has 5 heteroatoms. The Morgan fingerprint density at radius 3 is 2.82 bits per heavy atom. The minimum atomic E-state index is -0.156. The summed E-state index contributed by atoms with van der Waals surface area (Å²) in [4.78, 5) is 11.5. The molecule has 0 bridgehead atoms. The van der Waals surface area contributed by atoms with Crippen molar-refractivity contribution in [2.75, 3.05) is 11.9 Å². The Hall–Kier alpha value is -1.52. The number of anilines is 1. The molecule has 0 aliphatic carbocycles. The first kappa shape index (κ1) is 13.5. The van der Waals surface area contributed by atoms with Gasteiger partial charge in [0.2, 0.25) is 0 Å². The Bertz CT molecular complexity index is 335. The molecule has 0 aromatic carbocycles. The van der Waals surface area contributed by atoms with Crippen LogP contribution in [0.25, 0.3) is 0 Å². The molecule has 0 unspecified atom stereocenters. The molecule has 1 heterocycles. The molecule has 1 aromatic rings. The van der Waals surface area contributed by atoms with E-state index in [0.29, 0.717) is 6.54 Å². The quantitative estimate of drug-likeness (QED) is 0.717. The summed E-state index contributed by atoms with van der Waals surface area (Å²) in [6.45, 7) is 5.78. The number of amides is 2. The number of hydrogen-bond acceptors (Lipinski definition) is 2. The van der Waals surface area contributed by atoms with E-state index >= 15 is 0 Å². The zero-order valence-electron chi connectivity index (χ0n) is 10.7. The Balaban J connectivity index is 2.39. The largest absolute Gasteiger partial charge is 0.338 e. The molecule has 0 aliphatic rings. The smallest absolute Gasteiger partial charge is 0.320 e. The van der Waals surface area contributed by atoms with E-state index in [1.807, 2.05) is 10.7 Å². The number of rotatable bonds is 7. The van der Waals surface area contributed by atoms with Crippen molar-refractivity contribution in [1.29, 1.82) is 0 Å². The summed E-state index contributed by atoms with van der Waals surface area (Å²) < 4.78 is 1.82. The van der Waals surface area contributed by atoms with Crippen LogP contribution >= 0.6 is 0 Å². The summed E-state index contributed by atoms with van der Waals surface area (Å²) in [6, 6.07) is 1.66. The van der Waals surface area contributed by atoms with Crippen molar-refractivity contribution >= 4 is 11.8 Å². The zero-order chi connectivity index (χ0) is 12.5. The fourth-order valence-corrected chi connectivity index (χ4v) is 1.46. The van der Waals surface area contributed by atoms with Crippen LogP contribution in [-0.4, -0.2) is 22.4 Å². The Morgan fingerprint density at radius 2 is 2.12 bits per heavy atom. The first-order valence-electron chi connectivity index (χ1n) is 6.34. The molecule has 2 N–H and O–H groups in total. The van der Waals surface area contributed by atoms with Crippen LogP contribution < -0.4 is 10.6 Å². The summed E-state index contributed by atoms with van der Waals surface area (Å²) >= 11 is 0. The highest BCUT2D eigenvalue weighted by Gasteiger charge is 2.05. The van der Waals surface area contributed by atoms with E-state index in [1.54, 1.807) is 6.20 Å². The molecular formula is C12H22N4O. The van der Waals surface area contributed by atoms with Gasteiger partial charge in [-0.1, -0.05) is 26.7 Å². The lowest BCUT2D eigenvalue weighted by molar-refractivity contribution is 0.251. The highest BCUT2D eigenvalue weighted by atomic mass is 16.2. The fraction of sp³-hybridized carbons (Fsp3) is 0.667. The van der Waals surface area contributed by atoms with Crippen LogP contribution in [0.1, 0.15) is 39.5 Å². The maximum absolute atomic E-state index is 11.5. The molecule has 96 valence electrons. The van der Waals surface area contributed by atoms with Crippen molar-refractivity contribution in [2.45, 2.75) is 46.1 Å². The molecule has 2 amide bonds. The molecule has 0 saturated carbocycles.